The van der Waals surface area contributed by atoms with Gasteiger partial charge in [-0.25, -0.2) is 13.0 Å². The summed E-state index contributed by atoms with van der Waals surface area (Å²) < 4.78 is 39.3. The molecule has 0 aliphatic heterocycles. The molecule has 0 spiro atoms. The molecule has 0 bridgehead atoms. The second-order valence-corrected chi connectivity index (χ2v) is 11.8. The summed E-state index contributed by atoms with van der Waals surface area (Å²) >= 11 is 0. The second-order valence-electron chi connectivity index (χ2n) is 10.4. The lowest BCUT2D eigenvalue weighted by atomic mass is 9.90. The lowest BCUT2D eigenvalue weighted by molar-refractivity contribution is -0.539. The van der Waals surface area contributed by atoms with Crippen molar-refractivity contribution in [3.8, 4) is 0 Å². The van der Waals surface area contributed by atoms with E-state index in [-0.39, 0.29) is 4.90 Å². The standard InChI is InChI=1S/C37H36N2O3S/c1-3-38(27-29-13-7-5-8-14-29)33-23-19-31(20-24-33)37(35-17-11-12-18-36(35)43(40,41)42)32-21-25-34(26-22-32)39(4-2)28-30-15-9-6-10-16-30/h5-26H,3-4,27-28H2,1-2H3. The predicted molar refractivity (Wildman–Crippen MR) is 174 cm³/mol. The fourth-order valence-electron chi connectivity index (χ4n) is 5.43. The van der Waals surface area contributed by atoms with Gasteiger partial charge in [0.25, 0.3) is 0 Å². The zero-order chi connectivity index (χ0) is 30.2. The quantitative estimate of drug-likeness (QED) is 0.145. The van der Waals surface area contributed by atoms with Gasteiger partial charge in [-0.05, 0) is 66.5 Å². The molecule has 0 heterocycles. The second kappa shape index (κ2) is 13.6. The first kappa shape index (κ1) is 30.0. The Morgan fingerprint density at radius 3 is 1.88 bits per heavy atom. The molecule has 0 N–H and O–H groups in total. The smallest absolute Gasteiger partial charge is 0.200 e. The molecule has 0 saturated heterocycles. The van der Waals surface area contributed by atoms with Crippen LogP contribution in [0.5, 0.6) is 0 Å². The van der Waals surface area contributed by atoms with E-state index in [1.165, 1.54) is 17.2 Å². The maximum Gasteiger partial charge on any atom is 0.200 e. The number of anilines is 1. The zero-order valence-electron chi connectivity index (χ0n) is 24.6. The van der Waals surface area contributed by atoms with Crippen molar-refractivity contribution < 1.29 is 17.5 Å². The van der Waals surface area contributed by atoms with Gasteiger partial charge in [0.1, 0.15) is 16.7 Å². The fraction of sp³-hybridized carbons (Fsp3) is 0.162. The van der Waals surface area contributed by atoms with Crippen molar-refractivity contribution >= 4 is 27.1 Å². The molecule has 4 aromatic rings. The summed E-state index contributed by atoms with van der Waals surface area (Å²) in [6.07, 6.45) is 8.13. The molecule has 1 aliphatic carbocycles. The molecule has 0 atom stereocenters. The molecule has 0 radical (unpaired) electrons. The molecule has 218 valence electrons. The molecular formula is C37H36N2O3S. The molecule has 43 heavy (non-hydrogen) atoms. The topological polar surface area (TPSA) is 63.5 Å². The third-order valence-electron chi connectivity index (χ3n) is 7.66. The third kappa shape index (κ3) is 7.28. The highest BCUT2D eigenvalue weighted by Crippen LogP contribution is 2.34. The van der Waals surface area contributed by atoms with Crippen LogP contribution < -0.4 is 4.90 Å². The molecule has 0 amide bonds. The highest BCUT2D eigenvalue weighted by atomic mass is 32.2. The van der Waals surface area contributed by atoms with Crippen molar-refractivity contribution in [2.24, 2.45) is 0 Å². The summed E-state index contributed by atoms with van der Waals surface area (Å²) in [5.41, 5.74) is 7.34. The van der Waals surface area contributed by atoms with E-state index < -0.39 is 10.1 Å². The molecule has 0 aromatic heterocycles. The lowest BCUT2D eigenvalue weighted by Gasteiger charge is -2.24. The van der Waals surface area contributed by atoms with Crippen molar-refractivity contribution in [2.75, 3.05) is 18.0 Å². The van der Waals surface area contributed by atoms with Gasteiger partial charge < -0.3 is 9.45 Å². The van der Waals surface area contributed by atoms with Crippen molar-refractivity contribution in [2.45, 2.75) is 31.8 Å². The summed E-state index contributed by atoms with van der Waals surface area (Å²) in [5, 5.41) is 0. The summed E-state index contributed by atoms with van der Waals surface area (Å²) in [6, 6.07) is 35.3. The molecular weight excluding hydrogens is 552 g/mol. The molecule has 0 unspecified atom stereocenters. The van der Waals surface area contributed by atoms with E-state index in [1.807, 2.05) is 60.7 Å². The summed E-state index contributed by atoms with van der Waals surface area (Å²) in [4.78, 5) is 2.06. The van der Waals surface area contributed by atoms with Crippen LogP contribution in [-0.2, 0) is 23.2 Å². The normalized spacial score (nSPS) is 12.8. The van der Waals surface area contributed by atoms with Crippen molar-refractivity contribution in [3.05, 3.63) is 161 Å². The van der Waals surface area contributed by atoms with Crippen LogP contribution >= 0.6 is 0 Å². The zero-order valence-corrected chi connectivity index (χ0v) is 25.4. The largest absolute Gasteiger partial charge is 0.744 e. The van der Waals surface area contributed by atoms with Gasteiger partial charge in [0.2, 0.25) is 0 Å². The Kier molecular flexibility index (Phi) is 9.50. The Bertz CT molecular complexity index is 1770. The molecule has 5 nitrogen and oxygen atoms in total. The van der Waals surface area contributed by atoms with Crippen LogP contribution in [0.25, 0.3) is 5.57 Å². The summed E-state index contributed by atoms with van der Waals surface area (Å²) in [6.45, 7) is 7.48. The van der Waals surface area contributed by atoms with Crippen LogP contribution in [0.15, 0.2) is 144 Å². The Balaban J connectivity index is 1.56. The summed E-state index contributed by atoms with van der Waals surface area (Å²) in [7, 11) is -4.70. The summed E-state index contributed by atoms with van der Waals surface area (Å²) in [5.74, 6) is 0. The first-order valence-corrected chi connectivity index (χ1v) is 16.0. The van der Waals surface area contributed by atoms with E-state index in [2.05, 4.69) is 71.9 Å². The van der Waals surface area contributed by atoms with Crippen LogP contribution in [0.1, 0.15) is 36.1 Å². The van der Waals surface area contributed by atoms with E-state index in [0.29, 0.717) is 11.1 Å². The van der Waals surface area contributed by atoms with Crippen molar-refractivity contribution in [3.63, 3.8) is 0 Å². The first-order chi connectivity index (χ1) is 20.9. The Morgan fingerprint density at radius 2 is 1.30 bits per heavy atom. The van der Waals surface area contributed by atoms with E-state index in [1.54, 1.807) is 18.2 Å². The Hall–Kier alpha value is -4.52. The lowest BCUT2D eigenvalue weighted by Crippen LogP contribution is -2.21. The molecule has 5 rings (SSSR count). The van der Waals surface area contributed by atoms with Gasteiger partial charge in [0.05, 0.1) is 4.90 Å². The van der Waals surface area contributed by atoms with Crippen LogP contribution in [0, 0.1) is 0 Å². The highest BCUT2D eigenvalue weighted by molar-refractivity contribution is 7.85. The van der Waals surface area contributed by atoms with E-state index in [9.17, 15) is 13.0 Å². The van der Waals surface area contributed by atoms with Gasteiger partial charge in [-0.1, -0.05) is 91.0 Å². The van der Waals surface area contributed by atoms with Crippen LogP contribution in [0.2, 0.25) is 0 Å². The van der Waals surface area contributed by atoms with Crippen molar-refractivity contribution in [1.29, 1.82) is 0 Å². The number of hydrogen-bond donors (Lipinski definition) is 0. The van der Waals surface area contributed by atoms with Gasteiger partial charge in [-0.2, -0.15) is 0 Å². The molecule has 0 saturated carbocycles. The van der Waals surface area contributed by atoms with Crippen LogP contribution in [0.3, 0.4) is 0 Å². The average molecular weight is 589 g/mol. The van der Waals surface area contributed by atoms with Gasteiger partial charge in [0, 0.05) is 42.1 Å². The molecule has 0 fully saturated rings. The van der Waals surface area contributed by atoms with Crippen LogP contribution in [0.4, 0.5) is 5.69 Å². The number of hydrogen-bond acceptors (Lipinski definition) is 4. The number of rotatable bonds is 10. The van der Waals surface area contributed by atoms with Crippen molar-refractivity contribution in [1.82, 2.24) is 0 Å². The molecule has 6 heteroatoms. The third-order valence-corrected chi connectivity index (χ3v) is 8.56. The monoisotopic (exact) mass is 588 g/mol. The molecule has 4 aromatic carbocycles. The Morgan fingerprint density at radius 1 is 0.721 bits per heavy atom. The number of nitrogens with zero attached hydrogens (tertiary/aromatic N) is 2. The highest BCUT2D eigenvalue weighted by Gasteiger charge is 2.19. The minimum atomic E-state index is -4.70. The average Bonchev–Trinajstić information content (AvgIpc) is 3.04. The van der Waals surface area contributed by atoms with Gasteiger partial charge >= 0.3 is 0 Å². The van der Waals surface area contributed by atoms with Gasteiger partial charge in [0.15, 0.2) is 12.3 Å². The van der Waals surface area contributed by atoms with E-state index in [4.69, 9.17) is 0 Å². The van der Waals surface area contributed by atoms with E-state index >= 15 is 0 Å². The SMILES string of the molecule is CCN(Cc1ccccc1)c1ccc(C(=C2C=CC(=[N+](CC)Cc3ccccc3)C=C2)c2ccccc2S(=O)(=O)[O-])cc1. The fourth-order valence-corrected chi connectivity index (χ4v) is 6.11. The predicted octanol–water partition coefficient (Wildman–Crippen LogP) is 7.22. The first-order valence-electron chi connectivity index (χ1n) is 14.6. The Labute approximate surface area is 255 Å². The maximum atomic E-state index is 12.4. The number of benzene rings is 4. The maximum absolute atomic E-state index is 12.4. The van der Waals surface area contributed by atoms with E-state index in [0.717, 1.165) is 48.7 Å². The minimum absolute atomic E-state index is 0.225. The van der Waals surface area contributed by atoms with Gasteiger partial charge in [-0.3, -0.25) is 0 Å². The number of allylic oxidation sites excluding steroid dienone is 5. The van der Waals surface area contributed by atoms with Gasteiger partial charge in [-0.15, -0.1) is 0 Å². The minimum Gasteiger partial charge on any atom is -0.744 e. The molecule has 1 aliphatic rings. The van der Waals surface area contributed by atoms with Crippen LogP contribution in [-0.4, -0.2) is 36.3 Å².